The van der Waals surface area contributed by atoms with Crippen LogP contribution in [0.1, 0.15) is 49.4 Å². The van der Waals surface area contributed by atoms with Gasteiger partial charge in [0.15, 0.2) is 0 Å². The summed E-state index contributed by atoms with van der Waals surface area (Å²) in [5.41, 5.74) is 5.83. The van der Waals surface area contributed by atoms with Gasteiger partial charge in [0, 0.05) is 25.7 Å². The molecule has 0 aliphatic carbocycles. The molecular formula is C33H41FO6. The van der Waals surface area contributed by atoms with E-state index in [1.807, 2.05) is 38.1 Å². The topological polar surface area (TPSA) is 63.2 Å². The van der Waals surface area contributed by atoms with Crippen molar-refractivity contribution in [3.8, 4) is 22.6 Å². The summed E-state index contributed by atoms with van der Waals surface area (Å²) in [6.07, 6.45) is 0.251. The highest BCUT2D eigenvalue weighted by atomic mass is 19.1. The molecule has 0 aromatic heterocycles. The quantitative estimate of drug-likeness (QED) is 0.178. The third kappa shape index (κ3) is 9.35. The molecule has 3 rings (SSSR count). The molecule has 0 aliphatic rings. The van der Waals surface area contributed by atoms with E-state index in [9.17, 15) is 9.18 Å². The van der Waals surface area contributed by atoms with Crippen molar-refractivity contribution < 1.29 is 32.9 Å². The van der Waals surface area contributed by atoms with Crippen molar-refractivity contribution in [1.82, 2.24) is 0 Å². The molecule has 0 aliphatic heterocycles. The Bertz CT molecular complexity index is 1210. The molecular weight excluding hydrogens is 511 g/mol. The molecule has 216 valence electrons. The van der Waals surface area contributed by atoms with Crippen LogP contribution in [-0.2, 0) is 32.0 Å². The molecule has 0 bridgehead atoms. The van der Waals surface area contributed by atoms with E-state index in [-0.39, 0.29) is 24.9 Å². The molecule has 40 heavy (non-hydrogen) atoms. The van der Waals surface area contributed by atoms with E-state index < -0.39 is 5.82 Å². The van der Waals surface area contributed by atoms with Crippen LogP contribution in [0.15, 0.2) is 54.6 Å². The Kier molecular flexibility index (Phi) is 12.4. The number of halogens is 1. The summed E-state index contributed by atoms with van der Waals surface area (Å²) >= 11 is 0. The zero-order valence-corrected chi connectivity index (χ0v) is 24.3. The van der Waals surface area contributed by atoms with Crippen molar-refractivity contribution in [2.75, 3.05) is 33.0 Å². The SMILES string of the molecule is CCOCC(COCC)Oc1cc(C)c(-c2cccc(COc3ccc(CCC(=O)OCC)c(F)c3)c2)c(C)c1. The van der Waals surface area contributed by atoms with Gasteiger partial charge in [-0.05, 0) is 98.7 Å². The van der Waals surface area contributed by atoms with Gasteiger partial charge in [-0.25, -0.2) is 4.39 Å². The predicted octanol–water partition coefficient (Wildman–Crippen LogP) is 7.00. The number of ether oxygens (including phenoxy) is 5. The Morgan fingerprint density at radius 2 is 1.55 bits per heavy atom. The highest BCUT2D eigenvalue weighted by Gasteiger charge is 2.15. The van der Waals surface area contributed by atoms with Gasteiger partial charge in [0.2, 0.25) is 0 Å². The zero-order chi connectivity index (χ0) is 28.9. The summed E-state index contributed by atoms with van der Waals surface area (Å²) in [5, 5.41) is 0. The highest BCUT2D eigenvalue weighted by Crippen LogP contribution is 2.32. The van der Waals surface area contributed by atoms with Crippen LogP contribution in [0.2, 0.25) is 0 Å². The maximum atomic E-state index is 14.6. The molecule has 0 N–H and O–H groups in total. The van der Waals surface area contributed by atoms with Crippen molar-refractivity contribution >= 4 is 5.97 Å². The van der Waals surface area contributed by atoms with Gasteiger partial charge in [0.1, 0.15) is 30.0 Å². The number of hydrogen-bond donors (Lipinski definition) is 0. The number of rotatable bonds is 16. The number of esters is 1. The molecule has 0 heterocycles. The summed E-state index contributed by atoms with van der Waals surface area (Å²) in [7, 11) is 0. The second kappa shape index (κ2) is 16.0. The first-order valence-electron chi connectivity index (χ1n) is 13.9. The van der Waals surface area contributed by atoms with E-state index in [4.69, 9.17) is 23.7 Å². The van der Waals surface area contributed by atoms with Gasteiger partial charge in [-0.15, -0.1) is 0 Å². The molecule has 0 amide bonds. The normalized spacial score (nSPS) is 11.1. The smallest absolute Gasteiger partial charge is 0.306 e. The van der Waals surface area contributed by atoms with Crippen LogP contribution in [0.5, 0.6) is 11.5 Å². The summed E-state index contributed by atoms with van der Waals surface area (Å²) in [6.45, 7) is 12.6. The lowest BCUT2D eigenvalue weighted by molar-refractivity contribution is -0.143. The van der Waals surface area contributed by atoms with Crippen LogP contribution < -0.4 is 9.47 Å². The summed E-state index contributed by atoms with van der Waals surface area (Å²) in [5.74, 6) is 0.497. The summed E-state index contributed by atoms with van der Waals surface area (Å²) < 4.78 is 42.7. The monoisotopic (exact) mass is 552 g/mol. The van der Waals surface area contributed by atoms with E-state index in [1.165, 1.54) is 6.07 Å². The standard InChI is InChI=1S/C33H41FO6/c1-6-36-21-30(22-37-7-2)40-29-16-23(4)33(24(5)17-29)27-11-9-10-25(18-27)20-39-28-14-12-26(31(34)19-28)13-15-32(35)38-8-3/h9-12,14,16-19,30H,6-8,13,15,20-22H2,1-5H3. The lowest BCUT2D eigenvalue weighted by Gasteiger charge is -2.21. The van der Waals surface area contributed by atoms with Crippen molar-refractivity contribution in [3.05, 3.63) is 82.7 Å². The molecule has 0 atom stereocenters. The van der Waals surface area contributed by atoms with Crippen molar-refractivity contribution in [1.29, 1.82) is 0 Å². The Morgan fingerprint density at radius 3 is 2.17 bits per heavy atom. The van der Waals surface area contributed by atoms with E-state index in [2.05, 4.69) is 26.0 Å². The third-order valence-electron chi connectivity index (χ3n) is 6.37. The molecule has 3 aromatic rings. The fourth-order valence-corrected chi connectivity index (χ4v) is 4.53. The van der Waals surface area contributed by atoms with Crippen molar-refractivity contribution in [3.63, 3.8) is 0 Å². The van der Waals surface area contributed by atoms with Gasteiger partial charge in [-0.3, -0.25) is 4.79 Å². The molecule has 0 fully saturated rings. The first-order valence-corrected chi connectivity index (χ1v) is 13.9. The van der Waals surface area contributed by atoms with Gasteiger partial charge >= 0.3 is 5.97 Å². The molecule has 3 aromatic carbocycles. The first-order chi connectivity index (χ1) is 19.3. The molecule has 0 saturated carbocycles. The molecule has 0 unspecified atom stereocenters. The van der Waals surface area contributed by atoms with Crippen molar-refractivity contribution in [2.45, 2.75) is 60.2 Å². The van der Waals surface area contributed by atoms with Crippen LogP contribution in [0.3, 0.4) is 0 Å². The van der Waals surface area contributed by atoms with Gasteiger partial charge in [-0.1, -0.05) is 24.3 Å². The van der Waals surface area contributed by atoms with Crippen LogP contribution in [0.4, 0.5) is 4.39 Å². The second-order valence-electron chi connectivity index (χ2n) is 9.54. The average Bonchev–Trinajstić information content (AvgIpc) is 2.93. The van der Waals surface area contributed by atoms with Gasteiger partial charge in [-0.2, -0.15) is 0 Å². The number of hydrogen-bond acceptors (Lipinski definition) is 6. The molecule has 7 heteroatoms. The first kappa shape index (κ1) is 31.1. The Labute approximate surface area is 237 Å². The second-order valence-corrected chi connectivity index (χ2v) is 9.54. The fraction of sp³-hybridized carbons (Fsp3) is 0.424. The highest BCUT2D eigenvalue weighted by molar-refractivity contribution is 5.72. The summed E-state index contributed by atoms with van der Waals surface area (Å²) in [6, 6.07) is 17.0. The molecule has 0 saturated heterocycles. The predicted molar refractivity (Wildman–Crippen MR) is 154 cm³/mol. The minimum Gasteiger partial charge on any atom is -0.489 e. The Balaban J connectivity index is 1.67. The number of carbonyl (C=O) groups is 1. The van der Waals surface area contributed by atoms with Crippen LogP contribution in [0, 0.1) is 19.7 Å². The molecule has 0 spiro atoms. The minimum absolute atomic E-state index is 0.144. The molecule has 0 radical (unpaired) electrons. The number of aryl methyl sites for hydroxylation is 3. The molecule has 6 nitrogen and oxygen atoms in total. The third-order valence-corrected chi connectivity index (χ3v) is 6.37. The fourth-order valence-electron chi connectivity index (χ4n) is 4.53. The largest absolute Gasteiger partial charge is 0.489 e. The van der Waals surface area contributed by atoms with Crippen LogP contribution in [-0.4, -0.2) is 45.1 Å². The van der Waals surface area contributed by atoms with Gasteiger partial charge in [0.05, 0.1) is 19.8 Å². The van der Waals surface area contributed by atoms with E-state index in [0.29, 0.717) is 51.0 Å². The van der Waals surface area contributed by atoms with Gasteiger partial charge < -0.3 is 23.7 Å². The Hall–Kier alpha value is -3.42. The van der Waals surface area contributed by atoms with E-state index in [0.717, 1.165) is 33.6 Å². The average molecular weight is 553 g/mol. The van der Waals surface area contributed by atoms with Crippen LogP contribution >= 0.6 is 0 Å². The zero-order valence-electron chi connectivity index (χ0n) is 24.3. The van der Waals surface area contributed by atoms with Crippen LogP contribution in [0.25, 0.3) is 11.1 Å². The number of benzene rings is 3. The van der Waals surface area contributed by atoms with E-state index in [1.54, 1.807) is 19.1 Å². The van der Waals surface area contributed by atoms with Crippen molar-refractivity contribution in [2.24, 2.45) is 0 Å². The maximum absolute atomic E-state index is 14.6. The minimum atomic E-state index is -0.395. The summed E-state index contributed by atoms with van der Waals surface area (Å²) in [4.78, 5) is 11.6. The Morgan fingerprint density at radius 1 is 0.850 bits per heavy atom. The lowest BCUT2D eigenvalue weighted by Crippen LogP contribution is -2.28. The van der Waals surface area contributed by atoms with E-state index >= 15 is 0 Å². The lowest BCUT2D eigenvalue weighted by atomic mass is 9.94. The number of carbonyl (C=O) groups excluding carboxylic acids is 1. The maximum Gasteiger partial charge on any atom is 0.306 e. The van der Waals surface area contributed by atoms with Gasteiger partial charge in [0.25, 0.3) is 0 Å².